The molecule has 2 aromatic carbocycles. The maximum absolute atomic E-state index is 13.6. The van der Waals surface area contributed by atoms with Crippen molar-refractivity contribution in [1.82, 2.24) is 8.54 Å². The van der Waals surface area contributed by atoms with Gasteiger partial charge in [-0.25, -0.2) is 17.2 Å². The molecule has 0 bridgehead atoms. The molecule has 11 heteroatoms. The topological polar surface area (TPSA) is 123 Å². The van der Waals surface area contributed by atoms with Crippen molar-refractivity contribution in [2.75, 3.05) is 12.3 Å². The van der Waals surface area contributed by atoms with Gasteiger partial charge in [-0.3, -0.25) is 4.79 Å². The third kappa shape index (κ3) is 5.68. The van der Waals surface area contributed by atoms with E-state index in [9.17, 15) is 18.0 Å². The Hall–Kier alpha value is -3.67. The van der Waals surface area contributed by atoms with Gasteiger partial charge in [0.2, 0.25) is 0 Å². The lowest BCUT2D eigenvalue weighted by molar-refractivity contribution is 0.0523. The Morgan fingerprint density at radius 1 is 1.05 bits per heavy atom. The molecular weight excluding hydrogens is 571 g/mol. The van der Waals surface area contributed by atoms with Gasteiger partial charge in [0.15, 0.2) is 8.32 Å². The van der Waals surface area contributed by atoms with Crippen molar-refractivity contribution in [3.8, 4) is 11.1 Å². The zero-order chi connectivity index (χ0) is 31.2. The Bertz CT molecular complexity index is 1830. The number of esters is 1. The summed E-state index contributed by atoms with van der Waals surface area (Å²) in [7, 11) is -4.69. The van der Waals surface area contributed by atoms with Gasteiger partial charge < -0.3 is 19.5 Å². The third-order valence-corrected chi connectivity index (χ3v) is 14.2. The zero-order valence-corrected chi connectivity index (χ0v) is 27.3. The number of hydrogen-bond acceptors (Lipinski definition) is 7. The summed E-state index contributed by atoms with van der Waals surface area (Å²) in [5.41, 5.74) is 9.25. The van der Waals surface area contributed by atoms with Gasteiger partial charge in [-0.05, 0) is 67.9 Å². The second-order valence-electron chi connectivity index (χ2n) is 12.0. The van der Waals surface area contributed by atoms with Crippen LogP contribution in [0.3, 0.4) is 0 Å². The predicted molar refractivity (Wildman–Crippen MR) is 169 cm³/mol. The van der Waals surface area contributed by atoms with Crippen molar-refractivity contribution in [2.24, 2.45) is 7.05 Å². The van der Waals surface area contributed by atoms with Gasteiger partial charge in [-0.2, -0.15) is 0 Å². The van der Waals surface area contributed by atoms with Crippen LogP contribution in [-0.2, 0) is 32.8 Å². The molecule has 42 heavy (non-hydrogen) atoms. The van der Waals surface area contributed by atoms with Crippen molar-refractivity contribution in [2.45, 2.75) is 64.3 Å². The predicted octanol–water partition coefficient (Wildman–Crippen LogP) is 5.83. The number of pyridine rings is 1. The lowest BCUT2D eigenvalue weighted by atomic mass is 9.96. The molecule has 0 aliphatic heterocycles. The highest BCUT2D eigenvalue weighted by atomic mass is 32.2. The first-order valence-corrected chi connectivity index (χ1v) is 18.1. The van der Waals surface area contributed by atoms with Crippen molar-refractivity contribution in [3.05, 3.63) is 81.9 Å². The summed E-state index contributed by atoms with van der Waals surface area (Å²) in [5.74, 6) is -0.509. The van der Waals surface area contributed by atoms with Crippen molar-refractivity contribution in [3.63, 3.8) is 0 Å². The zero-order valence-electron chi connectivity index (χ0n) is 25.4. The molecule has 2 N–H and O–H groups in total. The fourth-order valence-corrected chi connectivity index (χ4v) is 6.75. The maximum atomic E-state index is 13.6. The Balaban J connectivity index is 1.93. The summed E-state index contributed by atoms with van der Waals surface area (Å²) >= 11 is 0. The number of nitrogen functional groups attached to an aromatic ring is 1. The molecule has 2 heterocycles. The molecule has 224 valence electrons. The van der Waals surface area contributed by atoms with Crippen LogP contribution in [0.4, 0.5) is 5.69 Å². The van der Waals surface area contributed by atoms with E-state index in [0.29, 0.717) is 27.6 Å². The van der Waals surface area contributed by atoms with Gasteiger partial charge >= 0.3 is 5.97 Å². The van der Waals surface area contributed by atoms with Gasteiger partial charge in [-0.1, -0.05) is 38.5 Å². The van der Waals surface area contributed by atoms with Crippen LogP contribution >= 0.6 is 0 Å². The number of nitrogens with two attached hydrogens (primary N) is 1. The minimum atomic E-state index is -4.06. The first-order valence-electron chi connectivity index (χ1n) is 13.8. The monoisotopic (exact) mass is 609 g/mol. The van der Waals surface area contributed by atoms with Crippen LogP contribution in [0, 0.1) is 6.92 Å². The Morgan fingerprint density at radius 3 is 2.29 bits per heavy atom. The van der Waals surface area contributed by atoms with E-state index >= 15 is 0 Å². The van der Waals surface area contributed by atoms with E-state index in [1.165, 1.54) is 22.9 Å². The number of anilines is 1. The Kier molecular flexibility index (Phi) is 8.34. The number of hydrogen-bond donors (Lipinski definition) is 1. The van der Waals surface area contributed by atoms with E-state index in [4.69, 9.17) is 14.9 Å². The van der Waals surface area contributed by atoms with Crippen LogP contribution in [0.2, 0.25) is 18.1 Å². The average molecular weight is 610 g/mol. The van der Waals surface area contributed by atoms with Crippen LogP contribution in [0.25, 0.3) is 22.0 Å². The lowest BCUT2D eigenvalue weighted by Gasteiger charge is -2.36. The van der Waals surface area contributed by atoms with E-state index in [-0.39, 0.29) is 34.4 Å². The van der Waals surface area contributed by atoms with E-state index in [1.807, 2.05) is 6.92 Å². The van der Waals surface area contributed by atoms with Crippen LogP contribution in [0.1, 0.15) is 49.2 Å². The number of carbonyl (C=O) groups is 1. The summed E-state index contributed by atoms with van der Waals surface area (Å²) in [5, 5.41) is 0.365. The number of rotatable bonds is 8. The summed E-state index contributed by atoms with van der Waals surface area (Å²) in [6.45, 7) is 14.6. The molecule has 0 aliphatic carbocycles. The first kappa shape index (κ1) is 31.3. The highest BCUT2D eigenvalue weighted by Gasteiger charge is 2.37. The number of nitrogens with zero attached hydrogens (tertiary/aromatic N) is 2. The SMILES string of the molecule is CCOC(=O)c1cc(N)c(-c2cn(C)c(=O)c3c2ccn3S(=O)(=O)c2ccc(C)cc2)cc1CO[Si](C)(C)C(C)(C)C. The van der Waals surface area contributed by atoms with Gasteiger partial charge in [0.1, 0.15) is 5.52 Å². The van der Waals surface area contributed by atoms with Gasteiger partial charge in [-0.15, -0.1) is 0 Å². The minimum Gasteiger partial charge on any atom is -0.462 e. The average Bonchev–Trinajstić information content (AvgIpc) is 3.36. The molecule has 0 radical (unpaired) electrons. The number of ether oxygens (including phenoxy) is 1. The molecule has 0 fully saturated rings. The van der Waals surface area contributed by atoms with Crippen LogP contribution < -0.4 is 11.3 Å². The molecule has 4 rings (SSSR count). The van der Waals surface area contributed by atoms with E-state index in [1.54, 1.807) is 50.5 Å². The number of fused-ring (bicyclic) bond motifs is 1. The smallest absolute Gasteiger partial charge is 0.338 e. The largest absolute Gasteiger partial charge is 0.462 e. The standard InChI is InChI=1S/C31H39N3O6SSi/c1-9-39-30(36)24-17-27(32)25(16-21(24)19-40-42(7,8)31(3,4)5)26-18-33(6)29(35)28-23(26)14-15-34(28)41(37,38)22-12-10-20(2)11-13-22/h10-18H,9,19,32H2,1-8H3. The fourth-order valence-electron chi connectivity index (χ4n) is 4.46. The Morgan fingerprint density at radius 2 is 1.69 bits per heavy atom. The third-order valence-electron chi connectivity index (χ3n) is 8.02. The molecule has 0 saturated carbocycles. The van der Waals surface area contributed by atoms with E-state index in [0.717, 1.165) is 9.54 Å². The molecule has 0 aliphatic rings. The summed E-state index contributed by atoms with van der Waals surface area (Å²) < 4.78 is 41.4. The van der Waals surface area contributed by atoms with Gasteiger partial charge in [0.05, 0.1) is 23.7 Å². The van der Waals surface area contributed by atoms with Crippen LogP contribution in [-0.4, -0.2) is 37.9 Å². The highest BCUT2D eigenvalue weighted by molar-refractivity contribution is 7.90. The lowest BCUT2D eigenvalue weighted by Crippen LogP contribution is -2.40. The molecule has 9 nitrogen and oxygen atoms in total. The second kappa shape index (κ2) is 11.2. The first-order chi connectivity index (χ1) is 19.5. The van der Waals surface area contributed by atoms with E-state index in [2.05, 4.69) is 33.9 Å². The number of aryl methyl sites for hydroxylation is 2. The summed E-state index contributed by atoms with van der Waals surface area (Å²) in [4.78, 5) is 26.4. The minimum absolute atomic E-state index is 0.00326. The normalized spacial score (nSPS) is 12.6. The quantitative estimate of drug-likeness (QED) is 0.151. The van der Waals surface area contributed by atoms with Crippen molar-refractivity contribution >= 4 is 40.9 Å². The highest BCUT2D eigenvalue weighted by Crippen LogP contribution is 2.39. The van der Waals surface area contributed by atoms with Crippen LogP contribution in [0.5, 0.6) is 0 Å². The molecule has 0 atom stereocenters. The van der Waals surface area contributed by atoms with Gasteiger partial charge in [0, 0.05) is 41.6 Å². The second-order valence-corrected chi connectivity index (χ2v) is 18.6. The Labute approximate surface area is 248 Å². The van der Waals surface area contributed by atoms with E-state index < -0.39 is 29.9 Å². The fraction of sp³-hybridized carbons (Fsp3) is 0.355. The van der Waals surface area contributed by atoms with Gasteiger partial charge in [0.25, 0.3) is 15.6 Å². The van der Waals surface area contributed by atoms with Crippen LogP contribution in [0.15, 0.2) is 64.5 Å². The van der Waals surface area contributed by atoms with Crippen molar-refractivity contribution in [1.29, 1.82) is 0 Å². The molecule has 0 unspecified atom stereocenters. The summed E-state index contributed by atoms with van der Waals surface area (Å²) in [6, 6.07) is 11.4. The molecule has 2 aromatic heterocycles. The summed E-state index contributed by atoms with van der Waals surface area (Å²) in [6.07, 6.45) is 3.01. The molecule has 0 amide bonds. The molecule has 0 spiro atoms. The number of carbonyl (C=O) groups excluding carboxylic acids is 1. The number of benzene rings is 2. The maximum Gasteiger partial charge on any atom is 0.338 e. The molecule has 4 aromatic rings. The molecular formula is C31H39N3O6SSi. The number of aromatic nitrogens is 2. The van der Waals surface area contributed by atoms with Crippen molar-refractivity contribution < 1.29 is 22.4 Å². The molecule has 0 saturated heterocycles.